The zero-order valence-electron chi connectivity index (χ0n) is 20.9. The molecular weight excluding hydrogens is 450 g/mol. The summed E-state index contributed by atoms with van der Waals surface area (Å²) in [7, 11) is 0. The lowest BCUT2D eigenvalue weighted by Crippen LogP contribution is -2.50. The van der Waals surface area contributed by atoms with Crippen LogP contribution < -0.4 is 16.0 Å². The van der Waals surface area contributed by atoms with Gasteiger partial charge in [0.15, 0.2) is 5.65 Å². The molecule has 0 aliphatic carbocycles. The Morgan fingerprint density at radius 1 is 0.944 bits per heavy atom. The number of anilines is 3. The van der Waals surface area contributed by atoms with Gasteiger partial charge in [-0.3, -0.25) is 9.69 Å². The topological polar surface area (TPSA) is 91.8 Å². The van der Waals surface area contributed by atoms with Crippen LogP contribution in [0.1, 0.15) is 37.0 Å². The number of nitrogens with two attached hydrogens (primary N) is 1. The van der Waals surface area contributed by atoms with Crippen LogP contribution in [0.25, 0.3) is 16.9 Å². The summed E-state index contributed by atoms with van der Waals surface area (Å²) in [4.78, 5) is 21.0. The van der Waals surface area contributed by atoms with Gasteiger partial charge in [-0.1, -0.05) is 26.0 Å². The summed E-state index contributed by atoms with van der Waals surface area (Å²) >= 11 is 0. The molecule has 1 aliphatic rings. The van der Waals surface area contributed by atoms with Gasteiger partial charge < -0.3 is 16.0 Å². The van der Waals surface area contributed by atoms with E-state index in [-0.39, 0.29) is 0 Å². The second-order valence-corrected chi connectivity index (χ2v) is 9.23. The van der Waals surface area contributed by atoms with Crippen molar-refractivity contribution in [2.24, 2.45) is 5.73 Å². The highest BCUT2D eigenvalue weighted by Gasteiger charge is 2.21. The van der Waals surface area contributed by atoms with Gasteiger partial charge >= 0.3 is 0 Å². The fraction of sp³-hybridized carbons (Fsp3) is 0.321. The van der Waals surface area contributed by atoms with Crippen LogP contribution in [0.15, 0.2) is 67.0 Å². The number of hydrogen-bond donors (Lipinski definition) is 2. The van der Waals surface area contributed by atoms with Crippen LogP contribution in [0.4, 0.5) is 17.1 Å². The van der Waals surface area contributed by atoms with Gasteiger partial charge in [-0.2, -0.15) is 5.10 Å². The minimum Gasteiger partial charge on any atom is -0.369 e. The highest BCUT2D eigenvalue weighted by atomic mass is 16.1. The van der Waals surface area contributed by atoms with Crippen molar-refractivity contribution in [3.63, 3.8) is 0 Å². The number of nitrogens with one attached hydrogen (secondary N) is 1. The molecule has 0 spiro atoms. The number of hydrogen-bond acceptors (Lipinski definition) is 6. The van der Waals surface area contributed by atoms with E-state index in [2.05, 4.69) is 63.3 Å². The number of carbonyl (C=O) groups excluding carboxylic acids is 1. The van der Waals surface area contributed by atoms with E-state index in [9.17, 15) is 4.79 Å². The number of nitrogens with zero attached hydrogens (tertiary/aromatic N) is 5. The lowest BCUT2D eigenvalue weighted by atomic mass is 10.1. The van der Waals surface area contributed by atoms with E-state index in [4.69, 9.17) is 5.73 Å². The average molecular weight is 484 g/mol. The van der Waals surface area contributed by atoms with Crippen molar-refractivity contribution >= 4 is 28.6 Å². The van der Waals surface area contributed by atoms with E-state index < -0.39 is 5.91 Å². The monoisotopic (exact) mass is 483 g/mol. The Bertz CT molecular complexity index is 1320. The summed E-state index contributed by atoms with van der Waals surface area (Å²) in [5.74, 6) is -0.443. The molecule has 1 aliphatic heterocycles. The Kier molecular flexibility index (Phi) is 6.86. The van der Waals surface area contributed by atoms with Crippen molar-refractivity contribution in [3.8, 4) is 11.3 Å². The standard InChI is InChI=1S/C28H33N7O/c1-3-23(4-2)33-15-17-34(18-16-33)24-11-9-22(10-12-24)32-25-13-14-26(35-28(25)30-19-31-35)20-5-7-21(8-6-20)27(29)36/h5-14,19,23,32H,3-4,15-18H2,1-2H3,(H2,29,36). The van der Waals surface area contributed by atoms with E-state index in [1.54, 1.807) is 23.0 Å². The predicted octanol–water partition coefficient (Wildman–Crippen LogP) is 4.55. The van der Waals surface area contributed by atoms with Gasteiger partial charge in [-0.25, -0.2) is 9.50 Å². The van der Waals surface area contributed by atoms with E-state index in [1.807, 2.05) is 24.3 Å². The number of carbonyl (C=O) groups is 1. The number of piperazine rings is 1. The third kappa shape index (κ3) is 4.77. The van der Waals surface area contributed by atoms with Crippen LogP contribution in [0.5, 0.6) is 0 Å². The molecule has 5 rings (SSSR count). The predicted molar refractivity (Wildman–Crippen MR) is 145 cm³/mol. The van der Waals surface area contributed by atoms with E-state index in [0.29, 0.717) is 11.6 Å². The number of fused-ring (bicyclic) bond motifs is 1. The number of aromatic nitrogens is 3. The maximum atomic E-state index is 11.4. The van der Waals surface area contributed by atoms with Crippen LogP contribution >= 0.6 is 0 Å². The Morgan fingerprint density at radius 3 is 2.28 bits per heavy atom. The number of benzene rings is 2. The molecule has 2 aromatic carbocycles. The zero-order valence-corrected chi connectivity index (χ0v) is 20.9. The quantitative estimate of drug-likeness (QED) is 0.382. The third-order valence-corrected chi connectivity index (χ3v) is 7.17. The van der Waals surface area contributed by atoms with Crippen molar-refractivity contribution in [3.05, 3.63) is 72.6 Å². The van der Waals surface area contributed by atoms with Crippen LogP contribution in [0.3, 0.4) is 0 Å². The fourth-order valence-corrected chi connectivity index (χ4v) is 5.09. The third-order valence-electron chi connectivity index (χ3n) is 7.17. The van der Waals surface area contributed by atoms with Crippen LogP contribution in [-0.4, -0.2) is 57.6 Å². The molecule has 0 atom stereocenters. The first kappa shape index (κ1) is 23.8. The molecule has 1 fully saturated rings. The summed E-state index contributed by atoms with van der Waals surface area (Å²) in [6.07, 6.45) is 3.99. The van der Waals surface area contributed by atoms with Gasteiger partial charge in [-0.15, -0.1) is 0 Å². The summed E-state index contributed by atoms with van der Waals surface area (Å²) < 4.78 is 1.80. The molecule has 8 heteroatoms. The molecule has 1 saturated heterocycles. The molecule has 1 amide bonds. The minimum atomic E-state index is -0.443. The van der Waals surface area contributed by atoms with Gasteiger partial charge in [0.1, 0.15) is 6.33 Å². The first-order valence-electron chi connectivity index (χ1n) is 12.7. The summed E-state index contributed by atoms with van der Waals surface area (Å²) in [5.41, 5.74) is 11.5. The van der Waals surface area contributed by atoms with Gasteiger partial charge in [0.05, 0.1) is 11.4 Å². The largest absolute Gasteiger partial charge is 0.369 e. The highest BCUT2D eigenvalue weighted by molar-refractivity contribution is 5.93. The number of rotatable bonds is 8. The summed E-state index contributed by atoms with van der Waals surface area (Å²) in [6, 6.07) is 20.5. The molecule has 0 bridgehead atoms. The fourth-order valence-electron chi connectivity index (χ4n) is 5.09. The van der Waals surface area contributed by atoms with Crippen molar-refractivity contribution in [2.75, 3.05) is 36.4 Å². The molecule has 36 heavy (non-hydrogen) atoms. The molecule has 3 N–H and O–H groups in total. The van der Waals surface area contributed by atoms with E-state index in [1.165, 1.54) is 18.5 Å². The Hall–Kier alpha value is -3.91. The lowest BCUT2D eigenvalue weighted by molar-refractivity contribution is 0.100. The molecule has 4 aromatic rings. The number of amides is 1. The highest BCUT2D eigenvalue weighted by Crippen LogP contribution is 2.28. The molecule has 3 heterocycles. The maximum absolute atomic E-state index is 11.4. The molecule has 2 aromatic heterocycles. The minimum absolute atomic E-state index is 0.443. The molecule has 8 nitrogen and oxygen atoms in total. The molecule has 0 unspecified atom stereocenters. The van der Waals surface area contributed by atoms with Gasteiger partial charge in [0, 0.05) is 54.7 Å². The maximum Gasteiger partial charge on any atom is 0.248 e. The lowest BCUT2D eigenvalue weighted by Gasteiger charge is -2.39. The Labute approximate surface area is 211 Å². The Morgan fingerprint density at radius 2 is 1.64 bits per heavy atom. The molecule has 0 saturated carbocycles. The van der Waals surface area contributed by atoms with Crippen LogP contribution in [0, 0.1) is 0 Å². The van der Waals surface area contributed by atoms with Gasteiger partial charge in [0.25, 0.3) is 0 Å². The van der Waals surface area contributed by atoms with Crippen LogP contribution in [-0.2, 0) is 0 Å². The van der Waals surface area contributed by atoms with Crippen molar-refractivity contribution < 1.29 is 4.79 Å². The van der Waals surface area contributed by atoms with E-state index >= 15 is 0 Å². The molecule has 0 radical (unpaired) electrons. The number of pyridine rings is 1. The summed E-state index contributed by atoms with van der Waals surface area (Å²) in [5, 5.41) is 7.92. The SMILES string of the molecule is CCC(CC)N1CCN(c2ccc(Nc3ccc(-c4ccc(C(N)=O)cc4)n4ncnc34)cc2)CC1. The second kappa shape index (κ2) is 10.4. The van der Waals surface area contributed by atoms with Crippen molar-refractivity contribution in [1.29, 1.82) is 0 Å². The number of primary amides is 1. The summed E-state index contributed by atoms with van der Waals surface area (Å²) in [6.45, 7) is 8.94. The zero-order chi connectivity index (χ0) is 25.1. The first-order valence-corrected chi connectivity index (χ1v) is 12.7. The molecule has 186 valence electrons. The van der Waals surface area contributed by atoms with Crippen molar-refractivity contribution in [2.45, 2.75) is 32.7 Å². The average Bonchev–Trinajstić information content (AvgIpc) is 3.41. The Balaban J connectivity index is 1.29. The normalized spacial score (nSPS) is 14.5. The van der Waals surface area contributed by atoms with Crippen molar-refractivity contribution in [1.82, 2.24) is 19.5 Å². The van der Waals surface area contributed by atoms with Gasteiger partial charge in [-0.05, 0) is 61.4 Å². The van der Waals surface area contributed by atoms with Crippen LogP contribution in [0.2, 0.25) is 0 Å². The van der Waals surface area contributed by atoms with E-state index in [0.717, 1.165) is 54.5 Å². The first-order chi connectivity index (χ1) is 17.6. The molecular formula is C28H33N7O. The smallest absolute Gasteiger partial charge is 0.248 e. The second-order valence-electron chi connectivity index (χ2n) is 9.23. The van der Waals surface area contributed by atoms with Gasteiger partial charge in [0.2, 0.25) is 5.91 Å².